The molecule has 1 saturated carbocycles. The van der Waals surface area contributed by atoms with Crippen LogP contribution in [0.5, 0.6) is 0 Å². The van der Waals surface area contributed by atoms with Gasteiger partial charge in [0, 0.05) is 4.75 Å². The summed E-state index contributed by atoms with van der Waals surface area (Å²) in [5.41, 5.74) is 0. The highest BCUT2D eigenvalue weighted by Gasteiger charge is 2.42. The molecule has 13 heavy (non-hydrogen) atoms. The third-order valence-corrected chi connectivity index (χ3v) is 4.96. The van der Waals surface area contributed by atoms with Crippen LogP contribution >= 0.6 is 11.8 Å². The fourth-order valence-corrected chi connectivity index (χ4v) is 3.72. The van der Waals surface area contributed by atoms with E-state index in [9.17, 15) is 0 Å². The Kier molecular flexibility index (Phi) is 2.63. The highest BCUT2D eigenvalue weighted by Crippen LogP contribution is 2.47. The molecule has 2 heteroatoms. The first kappa shape index (κ1) is 9.85. The minimum absolute atomic E-state index is 0.447. The van der Waals surface area contributed by atoms with Crippen LogP contribution in [0.1, 0.15) is 40.0 Å². The van der Waals surface area contributed by atoms with Gasteiger partial charge in [-0.15, -0.1) is 11.8 Å². The topological polar surface area (TPSA) is 9.23 Å². The Labute approximate surface area is 85.6 Å². The molecule has 1 nitrogen and oxygen atoms in total. The van der Waals surface area contributed by atoms with E-state index in [1.165, 1.54) is 19.3 Å². The van der Waals surface area contributed by atoms with Crippen LogP contribution in [0.25, 0.3) is 0 Å². The summed E-state index contributed by atoms with van der Waals surface area (Å²) in [7, 11) is 0. The van der Waals surface area contributed by atoms with Crippen LogP contribution in [-0.2, 0) is 4.74 Å². The predicted octanol–water partition coefficient (Wildman–Crippen LogP) is 3.29. The van der Waals surface area contributed by atoms with Crippen molar-refractivity contribution in [2.45, 2.75) is 50.9 Å². The highest BCUT2D eigenvalue weighted by molar-refractivity contribution is 8.00. The van der Waals surface area contributed by atoms with E-state index in [4.69, 9.17) is 4.74 Å². The van der Waals surface area contributed by atoms with Gasteiger partial charge in [-0.2, -0.15) is 0 Å². The van der Waals surface area contributed by atoms with Crippen molar-refractivity contribution < 1.29 is 4.74 Å². The summed E-state index contributed by atoms with van der Waals surface area (Å²) in [6.07, 6.45) is 4.61. The lowest BCUT2D eigenvalue weighted by Crippen LogP contribution is -2.46. The molecule has 0 amide bonds. The average Bonchev–Trinajstić information content (AvgIpc) is 2.02. The van der Waals surface area contributed by atoms with Gasteiger partial charge >= 0.3 is 0 Å². The maximum absolute atomic E-state index is 5.85. The fraction of sp³-hybridized carbons (Fsp3) is 1.00. The van der Waals surface area contributed by atoms with Gasteiger partial charge in [0.05, 0.1) is 12.0 Å². The van der Waals surface area contributed by atoms with Crippen LogP contribution < -0.4 is 0 Å². The molecule has 0 aromatic heterocycles. The normalized spacial score (nSPS) is 44.1. The zero-order valence-corrected chi connectivity index (χ0v) is 9.69. The Morgan fingerprint density at radius 1 is 1.31 bits per heavy atom. The van der Waals surface area contributed by atoms with Crippen molar-refractivity contribution in [2.24, 2.45) is 11.8 Å². The van der Waals surface area contributed by atoms with Crippen LogP contribution in [0.2, 0.25) is 0 Å². The van der Waals surface area contributed by atoms with Crippen LogP contribution in [0.4, 0.5) is 0 Å². The van der Waals surface area contributed by atoms with Gasteiger partial charge < -0.3 is 4.74 Å². The van der Waals surface area contributed by atoms with Gasteiger partial charge in [0.15, 0.2) is 0 Å². The molecule has 0 radical (unpaired) electrons. The molecule has 0 N–H and O–H groups in total. The van der Waals surface area contributed by atoms with E-state index in [0.29, 0.717) is 10.9 Å². The van der Waals surface area contributed by atoms with Crippen molar-refractivity contribution in [2.75, 3.05) is 5.94 Å². The van der Waals surface area contributed by atoms with Crippen molar-refractivity contribution in [3.05, 3.63) is 0 Å². The quantitative estimate of drug-likeness (QED) is 0.593. The highest BCUT2D eigenvalue weighted by atomic mass is 32.2. The molecule has 3 atom stereocenters. The third-order valence-electron chi connectivity index (χ3n) is 3.66. The van der Waals surface area contributed by atoms with Gasteiger partial charge in [-0.3, -0.25) is 0 Å². The van der Waals surface area contributed by atoms with E-state index < -0.39 is 0 Å². The molecule has 0 bridgehead atoms. The van der Waals surface area contributed by atoms with E-state index >= 15 is 0 Å². The Hall–Kier alpha value is 0.310. The van der Waals surface area contributed by atoms with Crippen molar-refractivity contribution >= 4 is 11.8 Å². The first-order chi connectivity index (χ1) is 6.09. The summed E-state index contributed by atoms with van der Waals surface area (Å²) in [6, 6.07) is 0. The van der Waals surface area contributed by atoms with Crippen molar-refractivity contribution in [1.82, 2.24) is 0 Å². The van der Waals surface area contributed by atoms with Gasteiger partial charge in [0.1, 0.15) is 0 Å². The van der Waals surface area contributed by atoms with Gasteiger partial charge in [-0.1, -0.05) is 27.2 Å². The van der Waals surface area contributed by atoms with Crippen molar-refractivity contribution in [3.8, 4) is 0 Å². The van der Waals surface area contributed by atoms with E-state index in [2.05, 4.69) is 20.8 Å². The molecule has 2 fully saturated rings. The summed E-state index contributed by atoms with van der Waals surface area (Å²) in [5, 5.41) is 0. The van der Waals surface area contributed by atoms with Gasteiger partial charge in [0.2, 0.25) is 0 Å². The number of fused-ring (bicyclic) bond motifs is 1. The van der Waals surface area contributed by atoms with E-state index in [1.54, 1.807) is 0 Å². The molecule has 1 aliphatic heterocycles. The molecular weight excluding hydrogens is 180 g/mol. The number of hydrogen-bond acceptors (Lipinski definition) is 2. The van der Waals surface area contributed by atoms with Crippen LogP contribution in [0, 0.1) is 11.8 Å². The summed E-state index contributed by atoms with van der Waals surface area (Å²) in [6.45, 7) is 7.12. The van der Waals surface area contributed by atoms with Crippen LogP contribution in [-0.4, -0.2) is 16.8 Å². The van der Waals surface area contributed by atoms with E-state index in [-0.39, 0.29) is 0 Å². The summed E-state index contributed by atoms with van der Waals surface area (Å²) >= 11 is 1.99. The Bertz CT molecular complexity index is 191. The Morgan fingerprint density at radius 2 is 2.08 bits per heavy atom. The first-order valence-corrected chi connectivity index (χ1v) is 6.34. The largest absolute Gasteiger partial charge is 0.367 e. The van der Waals surface area contributed by atoms with E-state index in [0.717, 1.165) is 17.8 Å². The third kappa shape index (κ3) is 1.89. The standard InChI is InChI=1S/C11H20OS/c1-8-4-5-9-10(6-8)12-7-13-11(9,2)3/h8-10H,4-7H2,1-3H3. The zero-order chi connectivity index (χ0) is 9.47. The second kappa shape index (κ2) is 3.47. The van der Waals surface area contributed by atoms with Gasteiger partial charge in [-0.05, 0) is 24.7 Å². The van der Waals surface area contributed by atoms with Crippen molar-refractivity contribution in [3.63, 3.8) is 0 Å². The minimum atomic E-state index is 0.447. The molecule has 0 aromatic rings. The number of thioether (sulfide) groups is 1. The molecule has 76 valence electrons. The smallest absolute Gasteiger partial charge is 0.0930 e. The number of hydrogen-bond donors (Lipinski definition) is 0. The number of ether oxygens (including phenoxy) is 1. The molecular formula is C11H20OS. The predicted molar refractivity (Wildman–Crippen MR) is 57.9 cm³/mol. The van der Waals surface area contributed by atoms with Crippen LogP contribution in [0.15, 0.2) is 0 Å². The lowest BCUT2D eigenvalue weighted by molar-refractivity contribution is -0.0224. The fourth-order valence-electron chi connectivity index (χ4n) is 2.69. The molecule has 1 aliphatic carbocycles. The van der Waals surface area contributed by atoms with Crippen molar-refractivity contribution in [1.29, 1.82) is 0 Å². The molecule has 0 spiro atoms. The summed E-state index contributed by atoms with van der Waals surface area (Å²) < 4.78 is 6.30. The second-order valence-electron chi connectivity index (χ2n) is 5.10. The van der Waals surface area contributed by atoms with E-state index in [1.807, 2.05) is 11.8 Å². The molecule has 0 aromatic carbocycles. The Morgan fingerprint density at radius 3 is 2.85 bits per heavy atom. The summed E-state index contributed by atoms with van der Waals surface area (Å²) in [5.74, 6) is 2.57. The zero-order valence-electron chi connectivity index (χ0n) is 8.88. The molecule has 2 aliphatic rings. The first-order valence-electron chi connectivity index (χ1n) is 5.35. The minimum Gasteiger partial charge on any atom is -0.367 e. The Balaban J connectivity index is 2.08. The maximum atomic E-state index is 5.85. The molecule has 1 heterocycles. The molecule has 3 unspecified atom stereocenters. The molecule has 1 saturated heterocycles. The monoisotopic (exact) mass is 200 g/mol. The van der Waals surface area contributed by atoms with Gasteiger partial charge in [-0.25, -0.2) is 0 Å². The molecule has 2 rings (SSSR count). The second-order valence-corrected chi connectivity index (χ2v) is 6.67. The SMILES string of the molecule is CC1CCC2C(C1)OCSC2(C)C. The lowest BCUT2D eigenvalue weighted by atomic mass is 9.75. The maximum Gasteiger partial charge on any atom is 0.0930 e. The van der Waals surface area contributed by atoms with Gasteiger partial charge in [0.25, 0.3) is 0 Å². The average molecular weight is 200 g/mol. The van der Waals surface area contributed by atoms with Crippen LogP contribution in [0.3, 0.4) is 0 Å². The lowest BCUT2D eigenvalue weighted by Gasteiger charge is -2.47. The number of rotatable bonds is 0. The summed E-state index contributed by atoms with van der Waals surface area (Å²) in [4.78, 5) is 0.